The number of aliphatic hydroxyl groups excluding tert-OH is 1. The largest absolute Gasteiger partial charge is 0.507 e. The predicted octanol–water partition coefficient (Wildman–Crippen LogP) is 5.68. The van der Waals surface area contributed by atoms with Crippen molar-refractivity contribution >= 4 is 34.0 Å². The Morgan fingerprint density at radius 1 is 1.03 bits per heavy atom. The van der Waals surface area contributed by atoms with Crippen molar-refractivity contribution in [1.82, 2.24) is 4.57 Å². The van der Waals surface area contributed by atoms with E-state index in [1.54, 1.807) is 25.3 Å². The Morgan fingerprint density at radius 2 is 1.75 bits per heavy atom. The average Bonchev–Trinajstić information content (AvgIpc) is 3.36. The van der Waals surface area contributed by atoms with E-state index in [0.29, 0.717) is 17.0 Å². The van der Waals surface area contributed by atoms with Gasteiger partial charge in [0.25, 0.3) is 11.7 Å². The number of Topliss-reactive ketones (excluding diaryl/α,β-unsaturated/α-hetero) is 1. The molecule has 2 heterocycles. The van der Waals surface area contributed by atoms with Gasteiger partial charge in [-0.05, 0) is 60.9 Å². The molecule has 6 nitrogen and oxygen atoms in total. The smallest absolute Gasteiger partial charge is 0.300 e. The summed E-state index contributed by atoms with van der Waals surface area (Å²) in [5, 5.41) is 12.5. The molecule has 6 heteroatoms. The number of hydrogen-bond donors (Lipinski definition) is 1. The number of aryl methyl sites for hydroxylation is 3. The number of ether oxygens (including phenoxy) is 1. The number of rotatable bonds is 5. The monoisotopic (exact) mass is 480 g/mol. The van der Waals surface area contributed by atoms with E-state index in [0.717, 1.165) is 34.0 Å². The fraction of sp³-hybridized carbons (Fsp3) is 0.200. The molecule has 1 aliphatic rings. The molecule has 1 aliphatic heterocycles. The lowest BCUT2D eigenvalue weighted by Gasteiger charge is -2.25. The van der Waals surface area contributed by atoms with Gasteiger partial charge in [-0.2, -0.15) is 0 Å². The van der Waals surface area contributed by atoms with Crippen LogP contribution in [0, 0.1) is 6.92 Å². The molecule has 0 aliphatic carbocycles. The third-order valence-corrected chi connectivity index (χ3v) is 6.98. The summed E-state index contributed by atoms with van der Waals surface area (Å²) in [6.07, 6.45) is 2.80. The van der Waals surface area contributed by atoms with Gasteiger partial charge < -0.3 is 14.4 Å². The zero-order valence-corrected chi connectivity index (χ0v) is 20.8. The van der Waals surface area contributed by atoms with Crippen LogP contribution in [0.3, 0.4) is 0 Å². The number of carbonyl (C=O) groups excluding carboxylic acids is 2. The van der Waals surface area contributed by atoms with Gasteiger partial charge in [-0.25, -0.2) is 0 Å². The molecule has 182 valence electrons. The lowest BCUT2D eigenvalue weighted by Crippen LogP contribution is -2.29. The van der Waals surface area contributed by atoms with Crippen molar-refractivity contribution in [3.8, 4) is 5.75 Å². The molecule has 0 spiro atoms. The maximum absolute atomic E-state index is 13.5. The van der Waals surface area contributed by atoms with E-state index in [4.69, 9.17) is 4.74 Å². The summed E-state index contributed by atoms with van der Waals surface area (Å²) < 4.78 is 7.27. The summed E-state index contributed by atoms with van der Waals surface area (Å²) in [5.41, 5.74) is 4.79. The summed E-state index contributed by atoms with van der Waals surface area (Å²) in [7, 11) is 3.51. The molecule has 0 radical (unpaired) electrons. The van der Waals surface area contributed by atoms with Crippen molar-refractivity contribution in [1.29, 1.82) is 0 Å². The number of carbonyl (C=O) groups is 2. The molecule has 1 amide bonds. The van der Waals surface area contributed by atoms with Gasteiger partial charge in [0.1, 0.15) is 11.5 Å². The molecule has 1 aromatic heterocycles. The zero-order valence-electron chi connectivity index (χ0n) is 20.8. The molecule has 1 saturated heterocycles. The molecule has 0 bridgehead atoms. The van der Waals surface area contributed by atoms with Gasteiger partial charge in [0.2, 0.25) is 0 Å². The number of nitrogens with zero attached hydrogens (tertiary/aromatic N) is 2. The zero-order chi connectivity index (χ0) is 25.6. The molecule has 1 N–H and O–H groups in total. The minimum absolute atomic E-state index is 0.0733. The van der Waals surface area contributed by atoms with Gasteiger partial charge in [0.05, 0.1) is 18.7 Å². The summed E-state index contributed by atoms with van der Waals surface area (Å²) in [6.45, 7) is 3.90. The van der Waals surface area contributed by atoms with Crippen molar-refractivity contribution in [3.05, 3.63) is 101 Å². The topological polar surface area (TPSA) is 71.8 Å². The first-order chi connectivity index (χ1) is 17.3. The van der Waals surface area contributed by atoms with Crippen molar-refractivity contribution in [2.75, 3.05) is 12.0 Å². The second kappa shape index (κ2) is 9.04. The Kier molecular flexibility index (Phi) is 5.88. The van der Waals surface area contributed by atoms with Crippen LogP contribution in [0.1, 0.15) is 35.2 Å². The highest BCUT2D eigenvalue weighted by Crippen LogP contribution is 2.45. The first-order valence-electron chi connectivity index (χ1n) is 11.9. The van der Waals surface area contributed by atoms with Crippen LogP contribution in [0.5, 0.6) is 5.75 Å². The van der Waals surface area contributed by atoms with E-state index < -0.39 is 17.7 Å². The molecule has 1 unspecified atom stereocenters. The van der Waals surface area contributed by atoms with Crippen LogP contribution in [-0.2, 0) is 23.1 Å². The van der Waals surface area contributed by atoms with E-state index in [1.807, 2.05) is 73.3 Å². The molecule has 36 heavy (non-hydrogen) atoms. The van der Waals surface area contributed by atoms with Gasteiger partial charge >= 0.3 is 0 Å². The number of aliphatic hydroxyl groups is 1. The highest BCUT2D eigenvalue weighted by molar-refractivity contribution is 6.52. The van der Waals surface area contributed by atoms with Gasteiger partial charge in [-0.15, -0.1) is 0 Å². The number of fused-ring (bicyclic) bond motifs is 1. The number of ketones is 1. The number of para-hydroxylation sites is 1. The van der Waals surface area contributed by atoms with E-state index in [9.17, 15) is 14.7 Å². The van der Waals surface area contributed by atoms with Crippen LogP contribution >= 0.6 is 0 Å². The van der Waals surface area contributed by atoms with Crippen LogP contribution in [0.2, 0.25) is 0 Å². The Morgan fingerprint density at radius 3 is 2.42 bits per heavy atom. The maximum atomic E-state index is 13.5. The Balaban J connectivity index is 1.78. The van der Waals surface area contributed by atoms with Crippen LogP contribution in [0.25, 0.3) is 16.7 Å². The Hall–Kier alpha value is -4.32. The second-order valence-electron chi connectivity index (χ2n) is 9.08. The minimum atomic E-state index is -0.787. The normalized spacial score (nSPS) is 17.2. The molecule has 1 atom stereocenters. The first kappa shape index (κ1) is 23.4. The molecular formula is C30H28N2O4. The van der Waals surface area contributed by atoms with E-state index in [1.165, 1.54) is 4.90 Å². The molecule has 0 saturated carbocycles. The van der Waals surface area contributed by atoms with Gasteiger partial charge in [-0.1, -0.05) is 37.3 Å². The molecule has 1 fully saturated rings. The lowest BCUT2D eigenvalue weighted by molar-refractivity contribution is -0.132. The standard InChI is InChI=1S/C30H28N2O4/c1-5-19-10-12-20(13-11-19)32-27(24-17-31(3)25-9-7-6-8-23(24)25)26(29(34)30(32)35)28(33)22-15-14-21(36-4)16-18(22)2/h6-17,27,33H,5H2,1-4H3/b28-26+. The van der Waals surface area contributed by atoms with Crippen LogP contribution in [0.15, 0.2) is 78.5 Å². The van der Waals surface area contributed by atoms with Gasteiger partial charge in [0.15, 0.2) is 0 Å². The van der Waals surface area contributed by atoms with Crippen LogP contribution in [-0.4, -0.2) is 28.5 Å². The van der Waals surface area contributed by atoms with Crippen LogP contribution in [0.4, 0.5) is 5.69 Å². The molecule has 3 aromatic carbocycles. The summed E-state index contributed by atoms with van der Waals surface area (Å²) in [4.78, 5) is 28.6. The van der Waals surface area contributed by atoms with Crippen molar-refractivity contribution in [2.45, 2.75) is 26.3 Å². The quantitative estimate of drug-likeness (QED) is 0.227. The van der Waals surface area contributed by atoms with E-state index >= 15 is 0 Å². The number of hydrogen-bond acceptors (Lipinski definition) is 4. The van der Waals surface area contributed by atoms with E-state index in [-0.39, 0.29) is 11.3 Å². The molecular weight excluding hydrogens is 452 g/mol. The van der Waals surface area contributed by atoms with Gasteiger partial charge in [0, 0.05) is 41.0 Å². The van der Waals surface area contributed by atoms with Crippen molar-refractivity contribution < 1.29 is 19.4 Å². The fourth-order valence-electron chi connectivity index (χ4n) is 5.05. The third-order valence-electron chi connectivity index (χ3n) is 6.98. The minimum Gasteiger partial charge on any atom is -0.507 e. The highest BCUT2D eigenvalue weighted by atomic mass is 16.5. The third kappa shape index (κ3) is 3.66. The Bertz CT molecular complexity index is 1530. The van der Waals surface area contributed by atoms with Crippen molar-refractivity contribution in [2.24, 2.45) is 7.05 Å². The highest BCUT2D eigenvalue weighted by Gasteiger charge is 2.48. The van der Waals surface area contributed by atoms with E-state index in [2.05, 4.69) is 6.92 Å². The first-order valence-corrected chi connectivity index (χ1v) is 11.9. The van der Waals surface area contributed by atoms with Crippen LogP contribution < -0.4 is 9.64 Å². The molecule has 4 aromatic rings. The van der Waals surface area contributed by atoms with Crippen molar-refractivity contribution in [3.63, 3.8) is 0 Å². The SMILES string of the molecule is CCc1ccc(N2C(=O)C(=O)/C(=C(/O)c3ccc(OC)cc3C)C2c2cn(C)c3ccccc23)cc1. The number of aromatic nitrogens is 1. The maximum Gasteiger partial charge on any atom is 0.300 e. The van der Waals surface area contributed by atoms with Gasteiger partial charge in [-0.3, -0.25) is 14.5 Å². The summed E-state index contributed by atoms with van der Waals surface area (Å²) in [6, 6.07) is 20.0. The summed E-state index contributed by atoms with van der Waals surface area (Å²) in [5.74, 6) is -0.921. The number of amides is 1. The number of methoxy groups -OCH3 is 1. The average molecular weight is 481 g/mol. The lowest BCUT2D eigenvalue weighted by atomic mass is 9.93. The summed E-state index contributed by atoms with van der Waals surface area (Å²) >= 11 is 0. The Labute approximate surface area is 210 Å². The number of anilines is 1. The fourth-order valence-corrected chi connectivity index (χ4v) is 5.05. The second-order valence-corrected chi connectivity index (χ2v) is 9.08. The number of benzene rings is 3. The predicted molar refractivity (Wildman–Crippen MR) is 141 cm³/mol. The molecule has 5 rings (SSSR count).